The maximum Gasteiger partial charge on any atom is 0.276 e. The van der Waals surface area contributed by atoms with E-state index in [1.54, 1.807) is 24.5 Å². The van der Waals surface area contributed by atoms with Gasteiger partial charge in [0.05, 0.1) is 5.57 Å². The molecule has 3 heterocycles. The summed E-state index contributed by atoms with van der Waals surface area (Å²) >= 11 is 0. The van der Waals surface area contributed by atoms with Crippen LogP contribution in [0.4, 0.5) is 17.2 Å². The highest BCUT2D eigenvalue weighted by Crippen LogP contribution is 2.33. The van der Waals surface area contributed by atoms with Gasteiger partial charge in [-0.15, -0.1) is 0 Å². The summed E-state index contributed by atoms with van der Waals surface area (Å²) in [6, 6.07) is 17.1. The van der Waals surface area contributed by atoms with E-state index in [4.69, 9.17) is 0 Å². The molecule has 2 aromatic heterocycles. The molecular formula is C24H21N7O2. The van der Waals surface area contributed by atoms with Gasteiger partial charge >= 0.3 is 0 Å². The number of hydrogen-bond acceptors (Lipinski definition) is 5. The van der Waals surface area contributed by atoms with Gasteiger partial charge in [0.25, 0.3) is 11.8 Å². The van der Waals surface area contributed by atoms with Gasteiger partial charge in [-0.25, -0.2) is 0 Å². The number of benzene rings is 2. The summed E-state index contributed by atoms with van der Waals surface area (Å²) in [4.78, 5) is 24.8. The first-order chi connectivity index (χ1) is 16.0. The molecule has 0 aliphatic carbocycles. The Kier molecular flexibility index (Phi) is 5.19. The van der Waals surface area contributed by atoms with Crippen molar-refractivity contribution in [3.8, 4) is 0 Å². The molecule has 164 valence electrons. The van der Waals surface area contributed by atoms with E-state index < -0.39 is 0 Å². The molecular weight excluding hydrogens is 418 g/mol. The molecule has 0 saturated carbocycles. The lowest BCUT2D eigenvalue weighted by molar-refractivity contribution is -0.110. The second-order valence-corrected chi connectivity index (χ2v) is 7.76. The van der Waals surface area contributed by atoms with Gasteiger partial charge in [-0.3, -0.25) is 19.8 Å². The number of hydrogen-bond donors (Lipinski definition) is 5. The Morgan fingerprint density at radius 3 is 2.73 bits per heavy atom. The zero-order valence-electron chi connectivity index (χ0n) is 17.8. The number of H-pyrrole nitrogens is 2. The average molecular weight is 439 g/mol. The van der Waals surface area contributed by atoms with E-state index in [1.165, 1.54) is 0 Å². The molecule has 0 radical (unpaired) electrons. The average Bonchev–Trinajstić information content (AvgIpc) is 3.53. The quantitative estimate of drug-likeness (QED) is 0.293. The SMILES string of the molecule is Cc1cc(C(=O)Nc2cccc(Cc3ccc4c(c3)/C(=C/Nc3cc[nH]n3)C(=O)N4)c2)n[nH]1. The number of aryl methyl sites for hydroxylation is 1. The Bertz CT molecular complexity index is 1370. The number of amides is 2. The van der Waals surface area contributed by atoms with E-state index in [0.29, 0.717) is 29.2 Å². The standard InChI is InChI=1S/C24H21N7O2/c1-14-9-21(30-29-14)24(33)27-17-4-2-3-15(11-17)10-16-5-6-20-18(12-16)19(23(32)28-20)13-25-22-7-8-26-31-22/h2-9,11-13H,10H2,1H3,(H,27,33)(H,28,32)(H,29,30)(H2,25,26,31)/b19-13-. The third-order valence-electron chi connectivity index (χ3n) is 5.26. The van der Waals surface area contributed by atoms with E-state index in [0.717, 1.165) is 28.1 Å². The first-order valence-electron chi connectivity index (χ1n) is 10.4. The molecule has 9 heteroatoms. The number of fused-ring (bicyclic) bond motifs is 1. The van der Waals surface area contributed by atoms with Crippen molar-refractivity contribution in [2.45, 2.75) is 13.3 Å². The molecule has 5 rings (SSSR count). The summed E-state index contributed by atoms with van der Waals surface area (Å²) < 4.78 is 0. The van der Waals surface area contributed by atoms with Gasteiger partial charge in [0.2, 0.25) is 0 Å². The maximum atomic E-state index is 12.4. The smallest absolute Gasteiger partial charge is 0.276 e. The fourth-order valence-corrected chi connectivity index (χ4v) is 3.70. The van der Waals surface area contributed by atoms with Crippen LogP contribution in [0.2, 0.25) is 0 Å². The molecule has 0 bridgehead atoms. The van der Waals surface area contributed by atoms with Gasteiger partial charge in [0, 0.05) is 41.1 Å². The van der Waals surface area contributed by atoms with Crippen LogP contribution in [0.5, 0.6) is 0 Å². The topological polar surface area (TPSA) is 128 Å². The normalized spacial score (nSPS) is 13.6. The molecule has 5 N–H and O–H groups in total. The summed E-state index contributed by atoms with van der Waals surface area (Å²) in [5, 5.41) is 22.3. The van der Waals surface area contributed by atoms with Gasteiger partial charge in [-0.1, -0.05) is 18.2 Å². The van der Waals surface area contributed by atoms with Gasteiger partial charge in [-0.2, -0.15) is 10.2 Å². The Hall–Kier alpha value is -4.66. The number of nitrogens with zero attached hydrogens (tertiary/aromatic N) is 2. The number of aromatic amines is 2. The summed E-state index contributed by atoms with van der Waals surface area (Å²) in [6.45, 7) is 1.85. The van der Waals surface area contributed by atoms with Crippen molar-refractivity contribution in [3.05, 3.63) is 95.1 Å². The van der Waals surface area contributed by atoms with Crippen LogP contribution in [-0.4, -0.2) is 32.2 Å². The number of aromatic nitrogens is 4. The minimum absolute atomic E-state index is 0.163. The predicted molar refractivity (Wildman–Crippen MR) is 126 cm³/mol. The Labute approximate surface area is 189 Å². The number of carbonyl (C=O) groups excluding carboxylic acids is 2. The molecule has 4 aromatic rings. The van der Waals surface area contributed by atoms with Crippen molar-refractivity contribution in [2.24, 2.45) is 0 Å². The molecule has 2 aromatic carbocycles. The fourth-order valence-electron chi connectivity index (χ4n) is 3.70. The van der Waals surface area contributed by atoms with Crippen LogP contribution in [0.25, 0.3) is 5.57 Å². The molecule has 0 atom stereocenters. The van der Waals surface area contributed by atoms with Gasteiger partial charge in [-0.05, 0) is 54.8 Å². The molecule has 1 aliphatic heterocycles. The molecule has 9 nitrogen and oxygen atoms in total. The minimum atomic E-state index is -0.266. The highest BCUT2D eigenvalue weighted by atomic mass is 16.2. The largest absolute Gasteiger partial charge is 0.344 e. The summed E-state index contributed by atoms with van der Waals surface area (Å²) in [7, 11) is 0. The van der Waals surface area contributed by atoms with E-state index in [9.17, 15) is 9.59 Å². The number of anilines is 3. The highest BCUT2D eigenvalue weighted by Gasteiger charge is 2.24. The zero-order chi connectivity index (χ0) is 22.8. The van der Waals surface area contributed by atoms with Crippen LogP contribution in [0.1, 0.15) is 32.9 Å². The van der Waals surface area contributed by atoms with E-state index in [-0.39, 0.29) is 11.8 Å². The second kappa shape index (κ2) is 8.46. The van der Waals surface area contributed by atoms with Crippen molar-refractivity contribution < 1.29 is 9.59 Å². The molecule has 0 unspecified atom stereocenters. The van der Waals surface area contributed by atoms with Gasteiger partial charge in [0.1, 0.15) is 0 Å². The van der Waals surface area contributed by atoms with E-state index in [1.807, 2.05) is 49.4 Å². The first-order valence-corrected chi connectivity index (χ1v) is 10.4. The number of nitrogens with one attached hydrogen (secondary N) is 5. The fraction of sp³-hybridized carbons (Fsp3) is 0.0833. The maximum absolute atomic E-state index is 12.4. The molecule has 0 fully saturated rings. The third-order valence-corrected chi connectivity index (χ3v) is 5.26. The molecule has 0 saturated heterocycles. The van der Waals surface area contributed by atoms with Crippen molar-refractivity contribution in [1.29, 1.82) is 0 Å². The van der Waals surface area contributed by atoms with Crippen molar-refractivity contribution in [3.63, 3.8) is 0 Å². The van der Waals surface area contributed by atoms with Crippen LogP contribution in [0.15, 0.2) is 67.0 Å². The van der Waals surface area contributed by atoms with E-state index >= 15 is 0 Å². The van der Waals surface area contributed by atoms with Crippen LogP contribution < -0.4 is 16.0 Å². The van der Waals surface area contributed by atoms with Crippen LogP contribution in [0.3, 0.4) is 0 Å². The van der Waals surface area contributed by atoms with E-state index in [2.05, 4.69) is 36.3 Å². The van der Waals surface area contributed by atoms with Crippen LogP contribution in [-0.2, 0) is 11.2 Å². The molecule has 0 spiro atoms. The summed E-state index contributed by atoms with van der Waals surface area (Å²) in [5.41, 5.74) is 6.09. The lowest BCUT2D eigenvalue weighted by Gasteiger charge is -2.08. The number of rotatable bonds is 6. The van der Waals surface area contributed by atoms with Crippen LogP contribution >= 0.6 is 0 Å². The number of carbonyl (C=O) groups is 2. The highest BCUT2D eigenvalue weighted by molar-refractivity contribution is 6.31. The Morgan fingerprint density at radius 1 is 1.06 bits per heavy atom. The molecule has 33 heavy (non-hydrogen) atoms. The van der Waals surface area contributed by atoms with Crippen molar-refractivity contribution >= 4 is 34.6 Å². The Morgan fingerprint density at radius 2 is 1.94 bits per heavy atom. The second-order valence-electron chi connectivity index (χ2n) is 7.76. The van der Waals surface area contributed by atoms with Gasteiger partial charge in [0.15, 0.2) is 11.5 Å². The monoisotopic (exact) mass is 439 g/mol. The third kappa shape index (κ3) is 4.38. The van der Waals surface area contributed by atoms with Gasteiger partial charge < -0.3 is 16.0 Å². The minimum Gasteiger partial charge on any atom is -0.344 e. The lowest BCUT2D eigenvalue weighted by Crippen LogP contribution is -2.12. The summed E-state index contributed by atoms with van der Waals surface area (Å²) in [6.07, 6.45) is 4.01. The lowest BCUT2D eigenvalue weighted by atomic mass is 9.99. The molecule has 2 amide bonds. The molecule has 1 aliphatic rings. The van der Waals surface area contributed by atoms with Crippen LogP contribution in [0, 0.1) is 6.92 Å². The van der Waals surface area contributed by atoms with Crippen molar-refractivity contribution in [1.82, 2.24) is 20.4 Å². The predicted octanol–water partition coefficient (Wildman–Crippen LogP) is 3.69. The first kappa shape index (κ1) is 20.3. The Balaban J connectivity index is 1.33. The zero-order valence-corrected chi connectivity index (χ0v) is 17.8. The summed E-state index contributed by atoms with van der Waals surface area (Å²) in [5.74, 6) is 0.199. The van der Waals surface area contributed by atoms with Crippen molar-refractivity contribution in [2.75, 3.05) is 16.0 Å².